The topological polar surface area (TPSA) is 12.4 Å². The molecule has 0 aromatic rings. The first kappa shape index (κ1) is 8.12. The molecule has 0 spiro atoms. The largest absolute Gasteiger partial charge is 0.229 e. The Bertz CT molecular complexity index is 106. The van der Waals surface area contributed by atoms with Crippen molar-refractivity contribution in [1.82, 2.24) is 0 Å². The van der Waals surface area contributed by atoms with E-state index in [1.165, 1.54) is 32.1 Å². The molecular weight excluding hydrogens is 142 g/mol. The number of rotatable bonds is 3. The Morgan fingerprint density at radius 1 is 1.50 bits per heavy atom. The van der Waals surface area contributed by atoms with Crippen molar-refractivity contribution < 1.29 is 0 Å². The summed E-state index contributed by atoms with van der Waals surface area (Å²) < 4.78 is 4.13. The van der Waals surface area contributed by atoms with Crippen molar-refractivity contribution in [2.75, 3.05) is 6.26 Å². The molecule has 0 amide bonds. The molecule has 1 aliphatic carbocycles. The van der Waals surface area contributed by atoms with Crippen LogP contribution in [0.1, 0.15) is 32.1 Å². The molecule has 0 bridgehead atoms. The standard InChI is InChI=1S/C8H15NS/c1-10-9-7-6-8-4-2-3-5-8/h7-8H,2-6H2,1H3/b9-7+. The third-order valence-corrected chi connectivity index (χ3v) is 2.45. The van der Waals surface area contributed by atoms with Crippen LogP contribution in [0.4, 0.5) is 0 Å². The van der Waals surface area contributed by atoms with Crippen molar-refractivity contribution in [3.05, 3.63) is 0 Å². The maximum absolute atomic E-state index is 4.13. The Labute approximate surface area is 67.4 Å². The molecule has 1 nitrogen and oxygen atoms in total. The second-order valence-corrected chi connectivity index (χ2v) is 3.43. The average Bonchev–Trinajstić information content (AvgIpc) is 2.41. The molecule has 0 aliphatic heterocycles. The van der Waals surface area contributed by atoms with Gasteiger partial charge < -0.3 is 0 Å². The van der Waals surface area contributed by atoms with Crippen molar-refractivity contribution in [3.63, 3.8) is 0 Å². The maximum atomic E-state index is 4.13. The second-order valence-electron chi connectivity index (χ2n) is 2.86. The number of nitrogens with zero attached hydrogens (tertiary/aromatic N) is 1. The SMILES string of the molecule is CS/N=C/CC1CCCC1. The minimum Gasteiger partial charge on any atom is -0.229 e. The lowest BCUT2D eigenvalue weighted by Gasteiger charge is -2.01. The Hall–Kier alpha value is 0.0200. The van der Waals surface area contributed by atoms with E-state index in [2.05, 4.69) is 10.6 Å². The van der Waals surface area contributed by atoms with E-state index in [0.717, 1.165) is 5.92 Å². The molecule has 1 aliphatic rings. The lowest BCUT2D eigenvalue weighted by Crippen LogP contribution is -1.92. The highest BCUT2D eigenvalue weighted by atomic mass is 32.2. The number of hydrogen-bond acceptors (Lipinski definition) is 2. The Balaban J connectivity index is 2.06. The minimum atomic E-state index is 0.955. The van der Waals surface area contributed by atoms with Gasteiger partial charge in [0.15, 0.2) is 0 Å². The van der Waals surface area contributed by atoms with Gasteiger partial charge >= 0.3 is 0 Å². The third kappa shape index (κ3) is 2.74. The highest BCUT2D eigenvalue weighted by Gasteiger charge is 2.12. The van der Waals surface area contributed by atoms with E-state index >= 15 is 0 Å². The van der Waals surface area contributed by atoms with Gasteiger partial charge in [-0.2, -0.15) is 0 Å². The number of hydrogen-bond donors (Lipinski definition) is 0. The average molecular weight is 157 g/mol. The van der Waals surface area contributed by atoms with Crippen molar-refractivity contribution in [2.45, 2.75) is 32.1 Å². The summed E-state index contributed by atoms with van der Waals surface area (Å²) in [5.41, 5.74) is 0. The van der Waals surface area contributed by atoms with Crippen LogP contribution in [0.25, 0.3) is 0 Å². The summed E-state index contributed by atoms with van der Waals surface area (Å²) in [4.78, 5) is 0. The van der Waals surface area contributed by atoms with E-state index in [1.54, 1.807) is 11.9 Å². The minimum absolute atomic E-state index is 0.955. The van der Waals surface area contributed by atoms with Gasteiger partial charge in [-0.25, -0.2) is 4.40 Å². The molecule has 0 saturated heterocycles. The molecule has 0 aromatic heterocycles. The van der Waals surface area contributed by atoms with Crippen LogP contribution in [0.3, 0.4) is 0 Å². The lowest BCUT2D eigenvalue weighted by atomic mass is 10.1. The highest BCUT2D eigenvalue weighted by Crippen LogP contribution is 2.26. The molecule has 1 rings (SSSR count). The molecule has 0 unspecified atom stereocenters. The first-order valence-electron chi connectivity index (χ1n) is 3.98. The predicted molar refractivity (Wildman–Crippen MR) is 48.6 cm³/mol. The van der Waals surface area contributed by atoms with Gasteiger partial charge in [-0.3, -0.25) is 0 Å². The van der Waals surface area contributed by atoms with Crippen molar-refractivity contribution >= 4 is 18.2 Å². The van der Waals surface area contributed by atoms with Gasteiger partial charge in [-0.1, -0.05) is 25.7 Å². The van der Waals surface area contributed by atoms with Gasteiger partial charge in [0, 0.05) is 12.5 Å². The van der Waals surface area contributed by atoms with Gasteiger partial charge in [-0.05, 0) is 24.3 Å². The van der Waals surface area contributed by atoms with Crippen LogP contribution in [0, 0.1) is 5.92 Å². The van der Waals surface area contributed by atoms with Crippen LogP contribution in [0.5, 0.6) is 0 Å². The van der Waals surface area contributed by atoms with Crippen LogP contribution in [0.2, 0.25) is 0 Å². The fourth-order valence-electron chi connectivity index (χ4n) is 1.51. The van der Waals surface area contributed by atoms with Crippen molar-refractivity contribution in [1.29, 1.82) is 0 Å². The first-order chi connectivity index (χ1) is 4.93. The summed E-state index contributed by atoms with van der Waals surface area (Å²) in [6, 6.07) is 0. The zero-order chi connectivity index (χ0) is 7.23. The Morgan fingerprint density at radius 3 is 2.80 bits per heavy atom. The molecule has 10 heavy (non-hydrogen) atoms. The molecule has 0 heterocycles. The predicted octanol–water partition coefficient (Wildman–Crippen LogP) is 2.92. The van der Waals surface area contributed by atoms with Crippen LogP contribution in [-0.4, -0.2) is 12.5 Å². The zero-order valence-electron chi connectivity index (χ0n) is 6.55. The van der Waals surface area contributed by atoms with Crippen molar-refractivity contribution in [3.8, 4) is 0 Å². The first-order valence-corrected chi connectivity index (χ1v) is 5.16. The molecule has 2 heteroatoms. The molecule has 0 radical (unpaired) electrons. The van der Waals surface area contributed by atoms with Gasteiger partial charge in [0.25, 0.3) is 0 Å². The van der Waals surface area contributed by atoms with E-state index in [0.29, 0.717) is 0 Å². The van der Waals surface area contributed by atoms with Crippen molar-refractivity contribution in [2.24, 2.45) is 10.3 Å². The molecular formula is C8H15NS. The second kappa shape index (κ2) is 4.78. The molecule has 1 fully saturated rings. The van der Waals surface area contributed by atoms with Gasteiger partial charge in [0.2, 0.25) is 0 Å². The summed E-state index contributed by atoms with van der Waals surface area (Å²) in [5, 5.41) is 0. The molecule has 58 valence electrons. The van der Waals surface area contributed by atoms with Crippen LogP contribution in [-0.2, 0) is 0 Å². The summed E-state index contributed by atoms with van der Waals surface area (Å²) >= 11 is 1.55. The quantitative estimate of drug-likeness (QED) is 0.453. The highest BCUT2D eigenvalue weighted by molar-refractivity contribution is 7.97. The Morgan fingerprint density at radius 2 is 2.20 bits per heavy atom. The molecule has 0 N–H and O–H groups in total. The maximum Gasteiger partial charge on any atom is 0.0128 e. The molecule has 0 atom stereocenters. The fraction of sp³-hybridized carbons (Fsp3) is 0.875. The summed E-state index contributed by atoms with van der Waals surface area (Å²) in [6.07, 6.45) is 11.0. The lowest BCUT2D eigenvalue weighted by molar-refractivity contribution is 0.578. The van der Waals surface area contributed by atoms with E-state index in [-0.39, 0.29) is 0 Å². The summed E-state index contributed by atoms with van der Waals surface area (Å²) in [6.45, 7) is 0. The Kier molecular flexibility index (Phi) is 3.88. The van der Waals surface area contributed by atoms with E-state index in [4.69, 9.17) is 0 Å². The van der Waals surface area contributed by atoms with Crippen LogP contribution < -0.4 is 0 Å². The third-order valence-electron chi connectivity index (χ3n) is 2.09. The summed E-state index contributed by atoms with van der Waals surface area (Å²) in [7, 11) is 0. The fourth-order valence-corrected chi connectivity index (χ4v) is 1.75. The molecule has 1 saturated carbocycles. The van der Waals surface area contributed by atoms with Crippen LogP contribution >= 0.6 is 11.9 Å². The van der Waals surface area contributed by atoms with E-state index < -0.39 is 0 Å². The monoisotopic (exact) mass is 157 g/mol. The van der Waals surface area contributed by atoms with Crippen LogP contribution in [0.15, 0.2) is 4.40 Å². The van der Waals surface area contributed by atoms with E-state index in [9.17, 15) is 0 Å². The van der Waals surface area contributed by atoms with E-state index in [1.807, 2.05) is 6.26 Å². The zero-order valence-corrected chi connectivity index (χ0v) is 7.36. The molecule has 0 aromatic carbocycles. The summed E-state index contributed by atoms with van der Waals surface area (Å²) in [5.74, 6) is 0.955. The van der Waals surface area contributed by atoms with Gasteiger partial charge in [0.05, 0.1) is 0 Å². The smallest absolute Gasteiger partial charge is 0.0128 e. The van der Waals surface area contributed by atoms with Gasteiger partial charge in [-0.15, -0.1) is 0 Å². The normalized spacial score (nSPS) is 20.9. The van der Waals surface area contributed by atoms with Gasteiger partial charge in [0.1, 0.15) is 0 Å².